The van der Waals surface area contributed by atoms with Crippen molar-refractivity contribution in [2.24, 2.45) is 5.73 Å². The van der Waals surface area contributed by atoms with Crippen LogP contribution in [0.4, 0.5) is 0 Å². The van der Waals surface area contributed by atoms with Gasteiger partial charge in [0, 0.05) is 43.0 Å². The molecule has 2 aromatic rings. The molecule has 1 saturated heterocycles. The highest BCUT2D eigenvalue weighted by molar-refractivity contribution is 7.13. The van der Waals surface area contributed by atoms with Crippen LogP contribution < -0.4 is 11.1 Å². The number of nitrogens with zero attached hydrogens (tertiary/aromatic N) is 2. The summed E-state index contributed by atoms with van der Waals surface area (Å²) in [5, 5.41) is 5.42. The Bertz CT molecular complexity index is 713. The molecular formula is C17H22N4O3S. The van der Waals surface area contributed by atoms with Crippen LogP contribution in [0, 0.1) is 0 Å². The van der Waals surface area contributed by atoms with E-state index in [2.05, 4.69) is 10.3 Å². The maximum absolute atomic E-state index is 12.9. The van der Waals surface area contributed by atoms with Gasteiger partial charge in [-0.25, -0.2) is 4.98 Å². The van der Waals surface area contributed by atoms with E-state index in [-0.39, 0.29) is 17.9 Å². The molecule has 25 heavy (non-hydrogen) atoms. The van der Waals surface area contributed by atoms with Gasteiger partial charge in [-0.1, -0.05) is 0 Å². The lowest BCUT2D eigenvalue weighted by atomic mass is 10.0. The Morgan fingerprint density at radius 1 is 1.44 bits per heavy atom. The minimum Gasteiger partial charge on any atom is -0.472 e. The fourth-order valence-electron chi connectivity index (χ4n) is 2.97. The maximum atomic E-state index is 12.9. The summed E-state index contributed by atoms with van der Waals surface area (Å²) in [5.41, 5.74) is 6.71. The van der Waals surface area contributed by atoms with Crippen LogP contribution >= 0.6 is 11.3 Å². The first-order chi connectivity index (χ1) is 12.2. The minimum absolute atomic E-state index is 0.00190. The number of thiazole rings is 1. The molecule has 1 aliphatic rings. The molecule has 0 radical (unpaired) electrons. The van der Waals surface area contributed by atoms with Gasteiger partial charge in [-0.3, -0.25) is 9.59 Å². The molecule has 1 fully saturated rings. The van der Waals surface area contributed by atoms with E-state index in [1.165, 1.54) is 11.3 Å². The molecule has 2 amide bonds. The number of hydrogen-bond acceptors (Lipinski definition) is 6. The minimum atomic E-state index is -0.0798. The van der Waals surface area contributed by atoms with Crippen molar-refractivity contribution < 1.29 is 14.0 Å². The van der Waals surface area contributed by atoms with Gasteiger partial charge in [0.2, 0.25) is 5.91 Å². The number of hydrogen-bond donors (Lipinski definition) is 2. The van der Waals surface area contributed by atoms with Gasteiger partial charge in [0.1, 0.15) is 17.0 Å². The molecule has 0 aliphatic carbocycles. The standard InChI is InChI=1S/C17H22N4O3S/c18-6-4-15(22)19-9-13-3-1-2-7-21(13)17(23)14-11-25-16(20-14)12-5-8-24-10-12/h5,8,10-11,13H,1-4,6-7,9,18H2,(H,19,22). The summed E-state index contributed by atoms with van der Waals surface area (Å²) in [6.07, 6.45) is 6.41. The lowest BCUT2D eigenvalue weighted by Crippen LogP contribution is -2.49. The lowest BCUT2D eigenvalue weighted by Gasteiger charge is -2.35. The number of nitrogens with two attached hydrogens (primary N) is 1. The lowest BCUT2D eigenvalue weighted by molar-refractivity contribution is -0.121. The molecule has 134 valence electrons. The van der Waals surface area contributed by atoms with E-state index < -0.39 is 0 Å². The van der Waals surface area contributed by atoms with Crippen molar-refractivity contribution in [1.82, 2.24) is 15.2 Å². The topological polar surface area (TPSA) is 101 Å². The monoisotopic (exact) mass is 362 g/mol. The zero-order valence-electron chi connectivity index (χ0n) is 13.9. The van der Waals surface area contributed by atoms with Crippen LogP contribution in [-0.2, 0) is 4.79 Å². The molecule has 1 unspecified atom stereocenters. The summed E-state index contributed by atoms with van der Waals surface area (Å²) < 4.78 is 5.07. The van der Waals surface area contributed by atoms with Gasteiger partial charge in [-0.15, -0.1) is 11.3 Å². The van der Waals surface area contributed by atoms with Crippen LogP contribution in [0.5, 0.6) is 0 Å². The molecule has 0 spiro atoms. The van der Waals surface area contributed by atoms with Crippen molar-refractivity contribution in [1.29, 1.82) is 0 Å². The molecule has 3 N–H and O–H groups in total. The number of furan rings is 1. The van der Waals surface area contributed by atoms with E-state index in [0.717, 1.165) is 29.8 Å². The van der Waals surface area contributed by atoms with Crippen LogP contribution in [0.15, 0.2) is 28.4 Å². The number of carbonyl (C=O) groups is 2. The van der Waals surface area contributed by atoms with Crippen LogP contribution in [0.25, 0.3) is 10.6 Å². The Balaban J connectivity index is 1.67. The van der Waals surface area contributed by atoms with Gasteiger partial charge >= 0.3 is 0 Å². The first kappa shape index (κ1) is 17.6. The molecule has 1 aliphatic heterocycles. The van der Waals surface area contributed by atoms with Crippen LogP contribution in [0.1, 0.15) is 36.2 Å². The Kier molecular flexibility index (Phi) is 5.83. The van der Waals surface area contributed by atoms with Crippen molar-refractivity contribution in [3.05, 3.63) is 29.7 Å². The predicted molar refractivity (Wildman–Crippen MR) is 95.2 cm³/mol. The third kappa shape index (κ3) is 4.26. The average Bonchev–Trinajstić information content (AvgIpc) is 3.31. The van der Waals surface area contributed by atoms with Crippen molar-refractivity contribution in [3.63, 3.8) is 0 Å². The number of piperidine rings is 1. The third-order valence-electron chi connectivity index (χ3n) is 4.29. The molecule has 1 atom stereocenters. The number of rotatable bonds is 6. The maximum Gasteiger partial charge on any atom is 0.273 e. The molecule has 7 nitrogen and oxygen atoms in total. The summed E-state index contributed by atoms with van der Waals surface area (Å²) >= 11 is 1.42. The first-order valence-corrected chi connectivity index (χ1v) is 9.33. The van der Waals surface area contributed by atoms with Crippen molar-refractivity contribution in [2.45, 2.75) is 31.7 Å². The van der Waals surface area contributed by atoms with Gasteiger partial charge in [-0.2, -0.15) is 0 Å². The molecule has 0 bridgehead atoms. The smallest absolute Gasteiger partial charge is 0.273 e. The quantitative estimate of drug-likeness (QED) is 0.817. The van der Waals surface area contributed by atoms with E-state index in [1.807, 2.05) is 11.0 Å². The summed E-state index contributed by atoms with van der Waals surface area (Å²) in [4.78, 5) is 30.8. The zero-order chi connectivity index (χ0) is 17.6. The van der Waals surface area contributed by atoms with Crippen molar-refractivity contribution in [3.8, 4) is 10.6 Å². The summed E-state index contributed by atoms with van der Waals surface area (Å²) in [6, 6.07) is 1.83. The highest BCUT2D eigenvalue weighted by Gasteiger charge is 2.29. The van der Waals surface area contributed by atoms with Crippen molar-refractivity contribution in [2.75, 3.05) is 19.6 Å². The number of nitrogens with one attached hydrogen (secondary N) is 1. The number of likely N-dealkylation sites (tertiary alicyclic amines) is 1. The molecule has 8 heteroatoms. The number of amides is 2. The van der Waals surface area contributed by atoms with Gasteiger partial charge in [-0.05, 0) is 25.3 Å². The Hall–Kier alpha value is -2.19. The summed E-state index contributed by atoms with van der Waals surface area (Å²) in [6.45, 7) is 1.48. The van der Waals surface area contributed by atoms with Gasteiger partial charge in [0.25, 0.3) is 5.91 Å². The highest BCUT2D eigenvalue weighted by Crippen LogP contribution is 2.26. The van der Waals surface area contributed by atoms with Gasteiger partial charge in [0.15, 0.2) is 0 Å². The average molecular weight is 362 g/mol. The zero-order valence-corrected chi connectivity index (χ0v) is 14.8. The third-order valence-corrected chi connectivity index (χ3v) is 5.18. The SMILES string of the molecule is NCCC(=O)NCC1CCCCN1C(=O)c1csc(-c2ccoc2)n1. The Morgan fingerprint density at radius 2 is 2.32 bits per heavy atom. The van der Waals surface area contributed by atoms with Crippen LogP contribution in [0.3, 0.4) is 0 Å². The second kappa shape index (κ2) is 8.26. The Labute approximate surface area is 150 Å². The fraction of sp³-hybridized carbons (Fsp3) is 0.471. The van der Waals surface area contributed by atoms with E-state index in [0.29, 0.717) is 31.7 Å². The molecule has 0 saturated carbocycles. The van der Waals surface area contributed by atoms with Gasteiger partial charge < -0.3 is 20.4 Å². The van der Waals surface area contributed by atoms with Crippen molar-refractivity contribution >= 4 is 23.2 Å². The molecule has 3 rings (SSSR count). The van der Waals surface area contributed by atoms with E-state index in [1.54, 1.807) is 17.9 Å². The summed E-state index contributed by atoms with van der Waals surface area (Å²) in [5.74, 6) is -0.153. The molecular weight excluding hydrogens is 340 g/mol. The summed E-state index contributed by atoms with van der Waals surface area (Å²) in [7, 11) is 0. The molecule has 3 heterocycles. The van der Waals surface area contributed by atoms with E-state index in [4.69, 9.17) is 10.2 Å². The largest absolute Gasteiger partial charge is 0.472 e. The normalized spacial score (nSPS) is 17.5. The highest BCUT2D eigenvalue weighted by atomic mass is 32.1. The first-order valence-electron chi connectivity index (χ1n) is 8.45. The predicted octanol–water partition coefficient (Wildman–Crippen LogP) is 1.86. The van der Waals surface area contributed by atoms with Crippen LogP contribution in [0.2, 0.25) is 0 Å². The molecule has 2 aromatic heterocycles. The van der Waals surface area contributed by atoms with Crippen LogP contribution in [-0.4, -0.2) is 47.4 Å². The van der Waals surface area contributed by atoms with Gasteiger partial charge in [0.05, 0.1) is 6.26 Å². The fourth-order valence-corrected chi connectivity index (χ4v) is 3.75. The number of aromatic nitrogens is 1. The number of carbonyl (C=O) groups excluding carboxylic acids is 2. The van der Waals surface area contributed by atoms with E-state index >= 15 is 0 Å². The second-order valence-electron chi connectivity index (χ2n) is 6.04. The Morgan fingerprint density at radius 3 is 3.08 bits per heavy atom. The molecule has 0 aromatic carbocycles. The second-order valence-corrected chi connectivity index (χ2v) is 6.90. The van der Waals surface area contributed by atoms with E-state index in [9.17, 15) is 9.59 Å².